The molecule has 2 unspecified atom stereocenters. The summed E-state index contributed by atoms with van der Waals surface area (Å²) in [5, 5.41) is 5.49. The van der Waals surface area contributed by atoms with E-state index in [-0.39, 0.29) is 25.5 Å². The average Bonchev–Trinajstić information content (AvgIpc) is 2.85. The van der Waals surface area contributed by atoms with E-state index in [1.807, 2.05) is 20.8 Å². The lowest BCUT2D eigenvalue weighted by molar-refractivity contribution is -0.144. The number of nitrogens with one attached hydrogen (secondary N) is 2. The number of nitrogens with zero attached hydrogens (tertiary/aromatic N) is 1. The Kier molecular flexibility index (Phi) is 14.1. The molecule has 0 spiro atoms. The highest BCUT2D eigenvalue weighted by atomic mass is 16.6. The number of carbonyl (C=O) groups excluding carboxylic acids is 4. The number of hydrogen-bond acceptors (Lipinski definition) is 6. The van der Waals surface area contributed by atoms with E-state index in [4.69, 9.17) is 15.9 Å². The van der Waals surface area contributed by atoms with Crippen LogP contribution in [0.25, 0.3) is 0 Å². The van der Waals surface area contributed by atoms with Crippen molar-refractivity contribution >= 4 is 23.9 Å². The SMILES string of the molecule is C#Cc1ccc(C(C(=O)NCCC(=O)OCC)N(CCCCC)C(=O)C(NC(=O)OC(C)(C)C)C(C)C)cc1. The van der Waals surface area contributed by atoms with Crippen molar-refractivity contribution in [2.45, 2.75) is 91.8 Å². The number of ether oxygens (including phenoxy) is 2. The Hall–Kier alpha value is -3.54. The van der Waals surface area contributed by atoms with Crippen LogP contribution in [0.1, 0.15) is 91.3 Å². The largest absolute Gasteiger partial charge is 0.466 e. The fraction of sp³-hybridized carbons (Fsp3) is 0.600. The van der Waals surface area contributed by atoms with Gasteiger partial charge in [0.2, 0.25) is 11.8 Å². The smallest absolute Gasteiger partial charge is 0.408 e. The summed E-state index contributed by atoms with van der Waals surface area (Å²) in [6, 6.07) is 4.92. The molecule has 2 atom stereocenters. The predicted molar refractivity (Wildman–Crippen MR) is 151 cm³/mol. The van der Waals surface area contributed by atoms with E-state index in [2.05, 4.69) is 16.6 Å². The Balaban J connectivity index is 3.42. The van der Waals surface area contributed by atoms with Gasteiger partial charge in [-0.3, -0.25) is 14.4 Å². The summed E-state index contributed by atoms with van der Waals surface area (Å²) in [5.41, 5.74) is 0.457. The van der Waals surface area contributed by atoms with Crippen LogP contribution in [0, 0.1) is 18.3 Å². The quantitative estimate of drug-likeness (QED) is 0.205. The van der Waals surface area contributed by atoms with Crippen LogP contribution in [-0.4, -0.2) is 60.1 Å². The summed E-state index contributed by atoms with van der Waals surface area (Å²) in [7, 11) is 0. The average molecular weight is 544 g/mol. The van der Waals surface area contributed by atoms with Gasteiger partial charge >= 0.3 is 12.1 Å². The summed E-state index contributed by atoms with van der Waals surface area (Å²) in [5.74, 6) is 0.995. The molecule has 0 aliphatic carbocycles. The zero-order chi connectivity index (χ0) is 29.6. The summed E-state index contributed by atoms with van der Waals surface area (Å²) in [6.07, 6.45) is 7.23. The normalized spacial score (nSPS) is 12.6. The van der Waals surface area contributed by atoms with Crippen LogP contribution >= 0.6 is 0 Å². The van der Waals surface area contributed by atoms with Crippen molar-refractivity contribution in [1.29, 1.82) is 0 Å². The molecule has 1 aromatic rings. The maximum atomic E-state index is 14.1. The number of terminal acetylenes is 1. The Morgan fingerprint density at radius 1 is 1.05 bits per heavy atom. The molecule has 39 heavy (non-hydrogen) atoms. The molecule has 0 radical (unpaired) electrons. The number of benzene rings is 1. The number of amides is 3. The second kappa shape index (κ2) is 16.4. The number of esters is 1. The van der Waals surface area contributed by atoms with Crippen LogP contribution in [0.3, 0.4) is 0 Å². The molecule has 216 valence electrons. The van der Waals surface area contributed by atoms with Gasteiger partial charge in [0.25, 0.3) is 0 Å². The summed E-state index contributed by atoms with van der Waals surface area (Å²) >= 11 is 0. The van der Waals surface area contributed by atoms with Crippen molar-refractivity contribution in [3.8, 4) is 12.3 Å². The van der Waals surface area contributed by atoms with Gasteiger partial charge < -0.3 is 25.0 Å². The van der Waals surface area contributed by atoms with Crippen LogP contribution in [0.2, 0.25) is 0 Å². The molecule has 0 fully saturated rings. The molecular weight excluding hydrogens is 498 g/mol. The van der Waals surface area contributed by atoms with Crippen molar-refractivity contribution in [1.82, 2.24) is 15.5 Å². The first-order valence-electron chi connectivity index (χ1n) is 13.6. The Labute approximate surface area is 233 Å². The number of rotatable bonds is 14. The Morgan fingerprint density at radius 3 is 2.21 bits per heavy atom. The van der Waals surface area contributed by atoms with Gasteiger partial charge in [-0.25, -0.2) is 4.79 Å². The van der Waals surface area contributed by atoms with E-state index in [1.54, 1.807) is 52.0 Å². The maximum absolute atomic E-state index is 14.1. The fourth-order valence-electron chi connectivity index (χ4n) is 3.88. The molecule has 0 saturated heterocycles. The van der Waals surface area contributed by atoms with E-state index in [0.29, 0.717) is 24.1 Å². The maximum Gasteiger partial charge on any atom is 0.408 e. The zero-order valence-electron chi connectivity index (χ0n) is 24.5. The Bertz CT molecular complexity index is 991. The monoisotopic (exact) mass is 543 g/mol. The van der Waals surface area contributed by atoms with Crippen molar-refractivity contribution in [3.05, 3.63) is 35.4 Å². The summed E-state index contributed by atoms with van der Waals surface area (Å²) in [6.45, 7) is 13.2. The minimum Gasteiger partial charge on any atom is -0.466 e. The van der Waals surface area contributed by atoms with Gasteiger partial charge in [0.1, 0.15) is 17.7 Å². The van der Waals surface area contributed by atoms with Crippen LogP contribution in [0.15, 0.2) is 24.3 Å². The molecule has 1 rings (SSSR count). The molecule has 0 saturated carbocycles. The minimum absolute atomic E-state index is 0.000924. The third-order valence-electron chi connectivity index (χ3n) is 5.78. The van der Waals surface area contributed by atoms with Gasteiger partial charge in [0.15, 0.2) is 0 Å². The van der Waals surface area contributed by atoms with Gasteiger partial charge in [-0.05, 0) is 57.7 Å². The molecule has 9 heteroatoms. The lowest BCUT2D eigenvalue weighted by atomic mass is 9.97. The minimum atomic E-state index is -1.01. The second-order valence-electron chi connectivity index (χ2n) is 10.6. The lowest BCUT2D eigenvalue weighted by Crippen LogP contribution is -2.55. The molecule has 2 N–H and O–H groups in total. The molecular formula is C30H45N3O6. The van der Waals surface area contributed by atoms with Crippen molar-refractivity contribution in [2.75, 3.05) is 19.7 Å². The topological polar surface area (TPSA) is 114 Å². The van der Waals surface area contributed by atoms with E-state index in [9.17, 15) is 19.2 Å². The van der Waals surface area contributed by atoms with Crippen LogP contribution in [0.4, 0.5) is 4.79 Å². The molecule has 0 heterocycles. The second-order valence-corrected chi connectivity index (χ2v) is 10.6. The van der Waals surface area contributed by atoms with E-state index in [1.165, 1.54) is 4.90 Å². The van der Waals surface area contributed by atoms with Gasteiger partial charge in [0, 0.05) is 18.7 Å². The molecule has 3 amide bonds. The van der Waals surface area contributed by atoms with Gasteiger partial charge in [0.05, 0.1) is 13.0 Å². The van der Waals surface area contributed by atoms with E-state index >= 15 is 0 Å². The zero-order valence-corrected chi connectivity index (χ0v) is 24.5. The highest BCUT2D eigenvalue weighted by Crippen LogP contribution is 2.25. The molecule has 0 aliphatic heterocycles. The number of unbranched alkanes of at least 4 members (excludes halogenated alkanes) is 2. The van der Waals surface area contributed by atoms with E-state index in [0.717, 1.165) is 12.8 Å². The van der Waals surface area contributed by atoms with Gasteiger partial charge in [-0.15, -0.1) is 6.42 Å². The standard InChI is InChI=1S/C30H45N3O6/c1-9-12-13-20-33(28(36)25(21(4)5)32-29(37)39-30(6,7)8)26(23-16-14-22(10-2)15-17-23)27(35)31-19-18-24(34)38-11-3/h2,14-17,21,25-26H,9,11-13,18-20H2,1,3-8H3,(H,31,35)(H,32,37). The van der Waals surface area contributed by atoms with Crippen molar-refractivity contribution in [3.63, 3.8) is 0 Å². The van der Waals surface area contributed by atoms with Crippen molar-refractivity contribution < 1.29 is 28.7 Å². The highest BCUT2D eigenvalue weighted by Gasteiger charge is 2.37. The molecule has 0 aliphatic rings. The molecule has 0 aromatic heterocycles. The lowest BCUT2D eigenvalue weighted by Gasteiger charge is -2.35. The number of carbonyl (C=O) groups is 4. The van der Waals surface area contributed by atoms with E-state index < -0.39 is 41.6 Å². The number of hydrogen-bond donors (Lipinski definition) is 2. The van der Waals surface area contributed by atoms with Crippen LogP contribution < -0.4 is 10.6 Å². The summed E-state index contributed by atoms with van der Waals surface area (Å²) < 4.78 is 10.3. The first-order valence-corrected chi connectivity index (χ1v) is 13.6. The molecule has 0 bridgehead atoms. The predicted octanol–water partition coefficient (Wildman–Crippen LogP) is 4.35. The highest BCUT2D eigenvalue weighted by molar-refractivity contribution is 5.92. The first-order chi connectivity index (χ1) is 18.3. The molecule has 1 aromatic carbocycles. The third kappa shape index (κ3) is 11.8. The molecule has 9 nitrogen and oxygen atoms in total. The van der Waals surface area contributed by atoms with Gasteiger partial charge in [-0.2, -0.15) is 0 Å². The van der Waals surface area contributed by atoms with Gasteiger partial charge in [-0.1, -0.05) is 51.7 Å². The van der Waals surface area contributed by atoms with Crippen LogP contribution in [-0.2, 0) is 23.9 Å². The Morgan fingerprint density at radius 2 is 1.69 bits per heavy atom. The van der Waals surface area contributed by atoms with Crippen molar-refractivity contribution in [2.24, 2.45) is 5.92 Å². The third-order valence-corrected chi connectivity index (χ3v) is 5.78. The number of alkyl carbamates (subject to hydrolysis) is 1. The summed E-state index contributed by atoms with van der Waals surface area (Å²) in [4.78, 5) is 53.6. The first kappa shape index (κ1) is 33.5. The van der Waals surface area contributed by atoms with Crippen LogP contribution in [0.5, 0.6) is 0 Å². The fourth-order valence-corrected chi connectivity index (χ4v) is 3.88.